The summed E-state index contributed by atoms with van der Waals surface area (Å²) in [5.74, 6) is -2.60. The normalized spacial score (nSPS) is 11.1. The summed E-state index contributed by atoms with van der Waals surface area (Å²) < 4.78 is 39.0. The summed E-state index contributed by atoms with van der Waals surface area (Å²) >= 11 is 0. The number of hydrogen-bond donors (Lipinski definition) is 2. The average molecular weight is 375 g/mol. The van der Waals surface area contributed by atoms with Gasteiger partial charge in [0, 0.05) is 16.7 Å². The van der Waals surface area contributed by atoms with E-state index < -0.39 is 35.9 Å². The highest BCUT2D eigenvalue weighted by Gasteiger charge is 2.31. The SMILES string of the molecule is Bc1cc(C(=O)NCC(=O)O)cc(C(=O)c2cc(B)cc(C(F)(F)F)c2)c1. The molecular formula is C17H14B2F3NO4. The summed E-state index contributed by atoms with van der Waals surface area (Å²) in [6, 6.07) is 7.17. The van der Waals surface area contributed by atoms with Crippen molar-refractivity contribution in [2.24, 2.45) is 0 Å². The van der Waals surface area contributed by atoms with Crippen molar-refractivity contribution in [3.63, 3.8) is 0 Å². The molecule has 0 aliphatic heterocycles. The Morgan fingerprint density at radius 2 is 1.41 bits per heavy atom. The zero-order valence-electron chi connectivity index (χ0n) is 14.5. The molecule has 2 aromatic carbocycles. The van der Waals surface area contributed by atoms with Gasteiger partial charge in [-0.3, -0.25) is 14.4 Å². The molecule has 0 unspecified atom stereocenters. The second-order valence-electron chi connectivity index (χ2n) is 6.08. The standard InChI is InChI=1S/C17H14B2F3NO4/c18-12-3-8(1-10(5-12)16(27)23-7-14(24)25)15(26)9-2-11(17(20,21)22)6-13(19)4-9/h1-6H,7,18-19H2,(H,23,27)(H,24,25). The Labute approximate surface area is 154 Å². The number of amides is 1. The predicted molar refractivity (Wildman–Crippen MR) is 97.6 cm³/mol. The zero-order chi connectivity index (χ0) is 20.4. The van der Waals surface area contributed by atoms with Crippen molar-refractivity contribution in [3.8, 4) is 0 Å². The largest absolute Gasteiger partial charge is 0.480 e. The van der Waals surface area contributed by atoms with E-state index in [9.17, 15) is 27.6 Å². The highest BCUT2D eigenvalue weighted by atomic mass is 19.4. The van der Waals surface area contributed by atoms with Crippen molar-refractivity contribution >= 4 is 44.3 Å². The van der Waals surface area contributed by atoms with Crippen LogP contribution in [0, 0.1) is 0 Å². The molecule has 1 amide bonds. The van der Waals surface area contributed by atoms with Crippen molar-refractivity contribution in [1.29, 1.82) is 0 Å². The second kappa shape index (κ2) is 7.69. The summed E-state index contributed by atoms with van der Waals surface area (Å²) in [5, 5.41) is 10.8. The van der Waals surface area contributed by atoms with Crippen molar-refractivity contribution < 1.29 is 32.7 Å². The summed E-state index contributed by atoms with van der Waals surface area (Å²) in [6.07, 6.45) is -4.59. The number of carboxylic acid groups (broad SMARTS) is 1. The smallest absolute Gasteiger partial charge is 0.416 e. The number of carbonyl (C=O) groups is 3. The molecule has 0 radical (unpaired) electrons. The molecule has 10 heteroatoms. The maximum Gasteiger partial charge on any atom is 0.416 e. The van der Waals surface area contributed by atoms with Gasteiger partial charge in [-0.15, -0.1) is 0 Å². The third-order valence-electron chi connectivity index (χ3n) is 3.67. The van der Waals surface area contributed by atoms with Gasteiger partial charge in [0.1, 0.15) is 22.2 Å². The number of aliphatic carboxylic acids is 1. The van der Waals surface area contributed by atoms with Crippen molar-refractivity contribution in [3.05, 3.63) is 58.7 Å². The summed E-state index contributed by atoms with van der Waals surface area (Å²) in [6.45, 7) is -0.594. The number of hydrogen-bond acceptors (Lipinski definition) is 3. The van der Waals surface area contributed by atoms with Crippen LogP contribution in [0.15, 0.2) is 36.4 Å². The molecule has 0 bridgehead atoms. The number of benzene rings is 2. The van der Waals surface area contributed by atoms with Gasteiger partial charge in [0.25, 0.3) is 5.91 Å². The van der Waals surface area contributed by atoms with E-state index in [1.807, 2.05) is 0 Å². The number of ketones is 1. The molecule has 0 aromatic heterocycles. The number of carboxylic acids is 1. The van der Waals surface area contributed by atoms with Crippen LogP contribution in [0.4, 0.5) is 13.2 Å². The first-order chi connectivity index (χ1) is 12.5. The van der Waals surface area contributed by atoms with Gasteiger partial charge in [0.2, 0.25) is 0 Å². The maximum absolute atomic E-state index is 13.0. The Hall–Kier alpha value is -3.03. The predicted octanol–water partition coefficient (Wildman–Crippen LogP) is -0.732. The minimum absolute atomic E-state index is 0.0363. The number of alkyl halides is 3. The second-order valence-corrected chi connectivity index (χ2v) is 6.08. The molecule has 0 aliphatic carbocycles. The molecule has 138 valence electrons. The van der Waals surface area contributed by atoms with Gasteiger partial charge >= 0.3 is 12.1 Å². The molecule has 2 aromatic rings. The van der Waals surface area contributed by atoms with Gasteiger partial charge in [0.05, 0.1) is 5.56 Å². The van der Waals surface area contributed by atoms with Crippen LogP contribution < -0.4 is 16.2 Å². The topological polar surface area (TPSA) is 83.5 Å². The first-order valence-corrected chi connectivity index (χ1v) is 7.82. The lowest BCUT2D eigenvalue weighted by Gasteiger charge is -2.11. The van der Waals surface area contributed by atoms with Crippen LogP contribution in [0.5, 0.6) is 0 Å². The van der Waals surface area contributed by atoms with E-state index in [1.165, 1.54) is 32.1 Å². The summed E-state index contributed by atoms with van der Waals surface area (Å²) in [5.41, 5.74) is -0.189. The first kappa shape index (κ1) is 20.3. The monoisotopic (exact) mass is 375 g/mol. The van der Waals surface area contributed by atoms with Crippen LogP contribution in [0.3, 0.4) is 0 Å². The summed E-state index contributed by atoms with van der Waals surface area (Å²) in [7, 11) is 3.06. The van der Waals surface area contributed by atoms with Crippen LogP contribution in [0.1, 0.15) is 31.8 Å². The third kappa shape index (κ3) is 5.22. The number of rotatable bonds is 5. The molecule has 2 rings (SSSR count). The fraction of sp³-hybridized carbons (Fsp3) is 0.118. The Morgan fingerprint density at radius 3 is 1.96 bits per heavy atom. The fourth-order valence-electron chi connectivity index (χ4n) is 2.55. The number of halogens is 3. The molecule has 0 aliphatic rings. The van der Waals surface area contributed by atoms with Crippen LogP contribution >= 0.6 is 0 Å². The fourth-order valence-corrected chi connectivity index (χ4v) is 2.55. The highest BCUT2D eigenvalue weighted by molar-refractivity contribution is 6.34. The number of carbonyl (C=O) groups excluding carboxylic acids is 2. The molecule has 0 spiro atoms. The molecule has 0 atom stereocenters. The summed E-state index contributed by atoms with van der Waals surface area (Å²) in [4.78, 5) is 35.2. The van der Waals surface area contributed by atoms with E-state index in [4.69, 9.17) is 5.11 Å². The lowest BCUT2D eigenvalue weighted by atomic mass is 9.87. The highest BCUT2D eigenvalue weighted by Crippen LogP contribution is 2.29. The van der Waals surface area contributed by atoms with Crippen LogP contribution in [0.25, 0.3) is 0 Å². The van der Waals surface area contributed by atoms with Crippen molar-refractivity contribution in [2.75, 3.05) is 6.54 Å². The Kier molecular flexibility index (Phi) is 5.78. The maximum atomic E-state index is 13.0. The molecule has 0 heterocycles. The van der Waals surface area contributed by atoms with Crippen LogP contribution in [0.2, 0.25) is 0 Å². The van der Waals surface area contributed by atoms with Gasteiger partial charge in [-0.05, 0) is 12.1 Å². The van der Waals surface area contributed by atoms with Gasteiger partial charge in [0.15, 0.2) is 5.78 Å². The average Bonchev–Trinajstić information content (AvgIpc) is 2.57. The van der Waals surface area contributed by atoms with Gasteiger partial charge in [-0.2, -0.15) is 13.2 Å². The van der Waals surface area contributed by atoms with Crippen LogP contribution in [-0.2, 0) is 11.0 Å². The minimum atomic E-state index is -4.59. The Morgan fingerprint density at radius 1 is 0.889 bits per heavy atom. The third-order valence-corrected chi connectivity index (χ3v) is 3.67. The minimum Gasteiger partial charge on any atom is -0.480 e. The Balaban J connectivity index is 2.41. The van der Waals surface area contributed by atoms with Crippen molar-refractivity contribution in [1.82, 2.24) is 5.32 Å². The van der Waals surface area contributed by atoms with E-state index >= 15 is 0 Å². The van der Waals surface area contributed by atoms with Gasteiger partial charge in [-0.1, -0.05) is 35.2 Å². The molecular weight excluding hydrogens is 361 g/mol. The van der Waals surface area contributed by atoms with Crippen molar-refractivity contribution in [2.45, 2.75) is 6.18 Å². The molecule has 5 nitrogen and oxygen atoms in total. The van der Waals surface area contributed by atoms with Crippen LogP contribution in [-0.4, -0.2) is 45.0 Å². The van der Waals surface area contributed by atoms with E-state index in [2.05, 4.69) is 5.32 Å². The lowest BCUT2D eigenvalue weighted by Crippen LogP contribution is -2.30. The van der Waals surface area contributed by atoms with E-state index in [1.54, 1.807) is 7.85 Å². The first-order valence-electron chi connectivity index (χ1n) is 7.82. The molecule has 0 saturated heterocycles. The molecule has 0 saturated carbocycles. The van der Waals surface area contributed by atoms with E-state index in [0.29, 0.717) is 5.46 Å². The molecule has 2 N–H and O–H groups in total. The molecule has 27 heavy (non-hydrogen) atoms. The molecule has 0 fully saturated rings. The Bertz CT molecular complexity index is 929. The quantitative estimate of drug-likeness (QED) is 0.534. The zero-order valence-corrected chi connectivity index (χ0v) is 14.5. The number of nitrogens with one attached hydrogen (secondary N) is 1. The van der Waals surface area contributed by atoms with Gasteiger partial charge < -0.3 is 10.4 Å². The van der Waals surface area contributed by atoms with Gasteiger partial charge in [-0.25, -0.2) is 0 Å². The lowest BCUT2D eigenvalue weighted by molar-refractivity contribution is -0.137. The van der Waals surface area contributed by atoms with E-state index in [-0.39, 0.29) is 22.2 Å². The van der Waals surface area contributed by atoms with E-state index in [0.717, 1.165) is 12.1 Å².